The molecular formula is C19H24ClN5O3. The molecule has 1 amide bonds. The average Bonchev–Trinajstić information content (AvgIpc) is 2.71. The van der Waals surface area contributed by atoms with Crippen LogP contribution in [0, 0.1) is 0 Å². The highest BCUT2D eigenvalue weighted by atomic mass is 35.5. The summed E-state index contributed by atoms with van der Waals surface area (Å²) in [6.45, 7) is 2.18. The summed E-state index contributed by atoms with van der Waals surface area (Å²) in [7, 11) is 3.14. The Hall–Kier alpha value is -2.42. The Kier molecular flexibility index (Phi) is 6.66. The number of benzene rings is 1. The summed E-state index contributed by atoms with van der Waals surface area (Å²) in [5, 5.41) is 3.36. The number of carbonyl (C=O) groups excluding carboxylic acids is 1. The van der Waals surface area contributed by atoms with Crippen LogP contribution in [0.5, 0.6) is 5.75 Å². The van der Waals surface area contributed by atoms with E-state index in [9.17, 15) is 4.79 Å². The SMILES string of the molecule is COc1cc(N)c(Cl)cc1C(=O)N[C@@H]1CCN(Cc2cnccn2)C[C@@H]1OC. The van der Waals surface area contributed by atoms with E-state index in [1.54, 1.807) is 31.8 Å². The fraction of sp³-hybridized carbons (Fsp3) is 0.421. The van der Waals surface area contributed by atoms with Gasteiger partial charge in [0.15, 0.2) is 0 Å². The molecule has 28 heavy (non-hydrogen) atoms. The second-order valence-electron chi connectivity index (χ2n) is 6.65. The predicted molar refractivity (Wildman–Crippen MR) is 106 cm³/mol. The molecule has 9 heteroatoms. The van der Waals surface area contributed by atoms with Crippen molar-refractivity contribution in [3.8, 4) is 5.75 Å². The number of amides is 1. The lowest BCUT2D eigenvalue weighted by Crippen LogP contribution is -2.54. The summed E-state index contributed by atoms with van der Waals surface area (Å²) in [6.07, 6.45) is 5.69. The Balaban J connectivity index is 1.66. The zero-order chi connectivity index (χ0) is 20.1. The molecule has 0 saturated carbocycles. The van der Waals surface area contributed by atoms with Gasteiger partial charge < -0.3 is 20.5 Å². The maximum atomic E-state index is 12.8. The third-order valence-electron chi connectivity index (χ3n) is 4.83. The Morgan fingerprint density at radius 1 is 1.39 bits per heavy atom. The number of anilines is 1. The smallest absolute Gasteiger partial charge is 0.255 e. The topological polar surface area (TPSA) is 103 Å². The van der Waals surface area contributed by atoms with Crippen molar-refractivity contribution in [1.29, 1.82) is 0 Å². The van der Waals surface area contributed by atoms with Crippen molar-refractivity contribution in [3.05, 3.63) is 47.0 Å². The van der Waals surface area contributed by atoms with Crippen LogP contribution in [0.1, 0.15) is 22.5 Å². The van der Waals surface area contributed by atoms with Crippen molar-refractivity contribution in [1.82, 2.24) is 20.2 Å². The van der Waals surface area contributed by atoms with E-state index in [4.69, 9.17) is 26.8 Å². The van der Waals surface area contributed by atoms with Crippen molar-refractivity contribution < 1.29 is 14.3 Å². The predicted octanol–water partition coefficient (Wildman–Crippen LogP) is 1.74. The van der Waals surface area contributed by atoms with E-state index >= 15 is 0 Å². The number of methoxy groups -OCH3 is 2. The molecule has 0 unspecified atom stereocenters. The molecule has 0 radical (unpaired) electrons. The number of carbonyl (C=O) groups is 1. The summed E-state index contributed by atoms with van der Waals surface area (Å²) in [5.41, 5.74) is 7.41. The summed E-state index contributed by atoms with van der Waals surface area (Å²) in [6, 6.07) is 2.95. The van der Waals surface area contributed by atoms with Crippen LogP contribution >= 0.6 is 11.6 Å². The molecule has 2 aromatic rings. The van der Waals surface area contributed by atoms with Crippen molar-refractivity contribution in [2.45, 2.75) is 25.1 Å². The lowest BCUT2D eigenvalue weighted by atomic mass is 10.0. The number of nitrogens with two attached hydrogens (primary N) is 1. The van der Waals surface area contributed by atoms with E-state index in [1.807, 2.05) is 0 Å². The van der Waals surface area contributed by atoms with E-state index < -0.39 is 0 Å². The van der Waals surface area contributed by atoms with Gasteiger partial charge in [0, 0.05) is 51.4 Å². The molecule has 3 rings (SSSR count). The molecule has 1 fully saturated rings. The van der Waals surface area contributed by atoms with E-state index in [2.05, 4.69) is 20.2 Å². The third-order valence-corrected chi connectivity index (χ3v) is 5.16. The van der Waals surface area contributed by atoms with E-state index in [1.165, 1.54) is 13.2 Å². The Morgan fingerprint density at radius 2 is 2.21 bits per heavy atom. The van der Waals surface area contributed by atoms with Gasteiger partial charge in [-0.15, -0.1) is 0 Å². The van der Waals surface area contributed by atoms with Gasteiger partial charge in [-0.05, 0) is 12.5 Å². The second-order valence-corrected chi connectivity index (χ2v) is 7.06. The molecular weight excluding hydrogens is 382 g/mol. The largest absolute Gasteiger partial charge is 0.496 e. The zero-order valence-corrected chi connectivity index (χ0v) is 16.6. The average molecular weight is 406 g/mol. The molecule has 1 aliphatic heterocycles. The first-order valence-electron chi connectivity index (χ1n) is 8.95. The van der Waals surface area contributed by atoms with E-state index in [-0.39, 0.29) is 18.1 Å². The lowest BCUT2D eigenvalue weighted by molar-refractivity contribution is 0.00350. The van der Waals surface area contributed by atoms with E-state index in [0.29, 0.717) is 35.1 Å². The highest BCUT2D eigenvalue weighted by Gasteiger charge is 2.31. The van der Waals surface area contributed by atoms with Crippen LogP contribution in [0.4, 0.5) is 5.69 Å². The number of aromatic nitrogens is 2. The first-order chi connectivity index (χ1) is 13.5. The molecule has 3 N–H and O–H groups in total. The highest BCUT2D eigenvalue weighted by molar-refractivity contribution is 6.33. The van der Waals surface area contributed by atoms with Crippen LogP contribution in [0.3, 0.4) is 0 Å². The first kappa shape index (κ1) is 20.3. The van der Waals surface area contributed by atoms with Crippen LogP contribution in [0.25, 0.3) is 0 Å². The van der Waals surface area contributed by atoms with Crippen molar-refractivity contribution in [2.75, 3.05) is 33.0 Å². The number of hydrogen-bond donors (Lipinski definition) is 2. The molecule has 1 aromatic heterocycles. The number of rotatable bonds is 6. The number of nitrogens with one attached hydrogen (secondary N) is 1. The summed E-state index contributed by atoms with van der Waals surface area (Å²) in [4.78, 5) is 23.5. The van der Waals surface area contributed by atoms with Gasteiger partial charge in [-0.1, -0.05) is 11.6 Å². The summed E-state index contributed by atoms with van der Waals surface area (Å²) < 4.78 is 10.9. The number of piperidine rings is 1. The van der Waals surface area contributed by atoms with Crippen LogP contribution in [0.2, 0.25) is 5.02 Å². The summed E-state index contributed by atoms with van der Waals surface area (Å²) in [5.74, 6) is 0.113. The molecule has 0 bridgehead atoms. The van der Waals surface area contributed by atoms with Crippen LogP contribution in [-0.4, -0.2) is 60.2 Å². The quantitative estimate of drug-likeness (QED) is 0.705. The van der Waals surface area contributed by atoms with Gasteiger partial charge in [0.05, 0.1) is 41.2 Å². The van der Waals surface area contributed by atoms with Gasteiger partial charge in [0.25, 0.3) is 5.91 Å². The molecule has 2 atom stereocenters. The fourth-order valence-corrected chi connectivity index (χ4v) is 3.49. The standard InChI is InChI=1S/C19H24ClN5O3/c1-27-17-8-15(21)14(20)7-13(17)19(26)24-16-3-6-25(11-18(16)28-2)10-12-9-22-4-5-23-12/h4-5,7-9,16,18H,3,6,10-11,21H2,1-2H3,(H,24,26)/t16-,18+/m1/s1. The third kappa shape index (κ3) is 4.70. The van der Waals surface area contributed by atoms with Gasteiger partial charge in [0.1, 0.15) is 5.75 Å². The molecule has 1 aromatic carbocycles. The van der Waals surface area contributed by atoms with Gasteiger partial charge in [0.2, 0.25) is 0 Å². The van der Waals surface area contributed by atoms with Gasteiger partial charge in [-0.3, -0.25) is 19.7 Å². The number of likely N-dealkylation sites (tertiary alicyclic amines) is 1. The van der Waals surface area contributed by atoms with Crippen LogP contribution < -0.4 is 15.8 Å². The zero-order valence-electron chi connectivity index (χ0n) is 15.9. The molecule has 2 heterocycles. The molecule has 150 valence electrons. The van der Waals surface area contributed by atoms with E-state index in [0.717, 1.165) is 18.7 Å². The number of nitrogen functional groups attached to an aromatic ring is 1. The Labute approximate surface area is 169 Å². The molecule has 0 aliphatic carbocycles. The number of hydrogen-bond acceptors (Lipinski definition) is 7. The summed E-state index contributed by atoms with van der Waals surface area (Å²) >= 11 is 6.08. The first-order valence-corrected chi connectivity index (χ1v) is 9.33. The molecule has 8 nitrogen and oxygen atoms in total. The van der Waals surface area contributed by atoms with Gasteiger partial charge in [-0.2, -0.15) is 0 Å². The second kappa shape index (κ2) is 9.18. The molecule has 1 aliphatic rings. The maximum Gasteiger partial charge on any atom is 0.255 e. The van der Waals surface area contributed by atoms with Gasteiger partial charge in [-0.25, -0.2) is 0 Å². The van der Waals surface area contributed by atoms with Gasteiger partial charge >= 0.3 is 0 Å². The van der Waals surface area contributed by atoms with Crippen molar-refractivity contribution in [3.63, 3.8) is 0 Å². The number of ether oxygens (including phenoxy) is 2. The number of halogens is 1. The minimum Gasteiger partial charge on any atom is -0.496 e. The minimum atomic E-state index is -0.270. The Morgan fingerprint density at radius 3 is 2.89 bits per heavy atom. The maximum absolute atomic E-state index is 12.8. The normalized spacial score (nSPS) is 20.0. The lowest BCUT2D eigenvalue weighted by Gasteiger charge is -2.38. The highest BCUT2D eigenvalue weighted by Crippen LogP contribution is 2.29. The van der Waals surface area contributed by atoms with Crippen molar-refractivity contribution in [2.24, 2.45) is 0 Å². The Bertz CT molecular complexity index is 821. The molecule has 1 saturated heterocycles. The fourth-order valence-electron chi connectivity index (χ4n) is 3.33. The number of nitrogens with zero attached hydrogens (tertiary/aromatic N) is 3. The monoisotopic (exact) mass is 405 g/mol. The van der Waals surface area contributed by atoms with Crippen LogP contribution in [0.15, 0.2) is 30.7 Å². The van der Waals surface area contributed by atoms with Crippen LogP contribution in [-0.2, 0) is 11.3 Å². The molecule has 0 spiro atoms. The minimum absolute atomic E-state index is 0.128. The van der Waals surface area contributed by atoms with Crippen molar-refractivity contribution >= 4 is 23.2 Å².